The van der Waals surface area contributed by atoms with Gasteiger partial charge in [-0.3, -0.25) is 0 Å². The number of hydrogen-bond donors (Lipinski definition) is 2. The molecule has 21 heavy (non-hydrogen) atoms. The molecule has 1 aliphatic carbocycles. The Hall–Kier alpha value is -0.120. The van der Waals surface area contributed by atoms with Gasteiger partial charge in [-0.1, -0.05) is 19.3 Å². The highest BCUT2D eigenvalue weighted by Gasteiger charge is 2.34. The molecule has 2 saturated heterocycles. The molecule has 2 heterocycles. The van der Waals surface area contributed by atoms with E-state index in [4.69, 9.17) is 0 Å². The number of piperidine rings is 2. The second kappa shape index (κ2) is 7.94. The summed E-state index contributed by atoms with van der Waals surface area (Å²) < 4.78 is 0. The van der Waals surface area contributed by atoms with Crippen LogP contribution in [0.5, 0.6) is 0 Å². The van der Waals surface area contributed by atoms with Crippen LogP contribution >= 0.6 is 0 Å². The van der Waals surface area contributed by atoms with Crippen LogP contribution in [-0.2, 0) is 0 Å². The van der Waals surface area contributed by atoms with Crippen molar-refractivity contribution in [2.45, 2.75) is 82.8 Å². The van der Waals surface area contributed by atoms with E-state index in [0.29, 0.717) is 6.04 Å². The van der Waals surface area contributed by atoms with E-state index in [1.807, 2.05) is 0 Å². The molecular formula is C18H35N3. The number of likely N-dealkylation sites (tertiary alicyclic amines) is 1. The van der Waals surface area contributed by atoms with Gasteiger partial charge in [-0.15, -0.1) is 0 Å². The van der Waals surface area contributed by atoms with Gasteiger partial charge >= 0.3 is 0 Å². The Balaban J connectivity index is 1.45. The first-order chi connectivity index (χ1) is 10.3. The van der Waals surface area contributed by atoms with E-state index in [1.165, 1.54) is 84.0 Å². The average Bonchev–Trinajstić information content (AvgIpc) is 2.97. The second-order valence-electron chi connectivity index (χ2n) is 7.69. The topological polar surface area (TPSA) is 27.3 Å². The van der Waals surface area contributed by atoms with Gasteiger partial charge in [0.15, 0.2) is 0 Å². The molecule has 3 nitrogen and oxygen atoms in total. The van der Waals surface area contributed by atoms with Crippen LogP contribution in [0.2, 0.25) is 0 Å². The minimum absolute atomic E-state index is 0.650. The first-order valence-electron chi connectivity index (χ1n) is 9.55. The third kappa shape index (κ3) is 4.43. The molecule has 0 aromatic heterocycles. The van der Waals surface area contributed by atoms with Crippen LogP contribution in [0.1, 0.15) is 64.7 Å². The number of nitrogens with zero attached hydrogens (tertiary/aromatic N) is 1. The maximum atomic E-state index is 3.99. The quantitative estimate of drug-likeness (QED) is 0.816. The zero-order chi connectivity index (χ0) is 14.5. The molecule has 0 radical (unpaired) electrons. The van der Waals surface area contributed by atoms with E-state index >= 15 is 0 Å². The van der Waals surface area contributed by atoms with Gasteiger partial charge in [0.25, 0.3) is 0 Å². The second-order valence-corrected chi connectivity index (χ2v) is 7.69. The molecule has 0 aromatic carbocycles. The standard InChI is InChI=1S/C18H35N3/c1-15(14-21-12-5-2-6-13-21)20-18-10-7-8-16(18)17-9-3-4-11-19-17/h15-20H,2-14H2,1H3. The van der Waals surface area contributed by atoms with E-state index < -0.39 is 0 Å². The Kier molecular flexibility index (Phi) is 5.96. The lowest BCUT2D eigenvalue weighted by Gasteiger charge is -2.36. The van der Waals surface area contributed by atoms with Crippen LogP contribution in [-0.4, -0.2) is 49.2 Å². The fourth-order valence-corrected chi connectivity index (χ4v) is 4.87. The van der Waals surface area contributed by atoms with Crippen molar-refractivity contribution in [3.8, 4) is 0 Å². The van der Waals surface area contributed by atoms with Crippen LogP contribution in [0.4, 0.5) is 0 Å². The van der Waals surface area contributed by atoms with Gasteiger partial charge in [0, 0.05) is 24.7 Å². The van der Waals surface area contributed by atoms with Crippen LogP contribution in [0, 0.1) is 5.92 Å². The van der Waals surface area contributed by atoms with E-state index in [9.17, 15) is 0 Å². The minimum Gasteiger partial charge on any atom is -0.314 e. The van der Waals surface area contributed by atoms with Gasteiger partial charge in [-0.2, -0.15) is 0 Å². The van der Waals surface area contributed by atoms with Crippen LogP contribution in [0.3, 0.4) is 0 Å². The van der Waals surface area contributed by atoms with E-state index in [1.54, 1.807) is 0 Å². The summed E-state index contributed by atoms with van der Waals surface area (Å²) >= 11 is 0. The molecule has 3 heteroatoms. The Labute approximate surface area is 131 Å². The molecule has 0 bridgehead atoms. The molecule has 2 N–H and O–H groups in total. The summed E-state index contributed by atoms with van der Waals surface area (Å²) in [6.45, 7) is 7.55. The normalized spacial score (nSPS) is 36.7. The highest BCUT2D eigenvalue weighted by molar-refractivity contribution is 4.93. The average molecular weight is 293 g/mol. The van der Waals surface area contributed by atoms with E-state index in [2.05, 4.69) is 22.5 Å². The molecule has 0 spiro atoms. The third-order valence-electron chi connectivity index (χ3n) is 5.91. The summed E-state index contributed by atoms with van der Waals surface area (Å²) in [5.41, 5.74) is 0. The van der Waals surface area contributed by atoms with E-state index in [-0.39, 0.29) is 0 Å². The molecule has 0 aromatic rings. The lowest BCUT2D eigenvalue weighted by atomic mass is 9.88. The zero-order valence-electron chi connectivity index (χ0n) is 13.9. The van der Waals surface area contributed by atoms with Gasteiger partial charge < -0.3 is 15.5 Å². The lowest BCUT2D eigenvalue weighted by molar-refractivity contribution is 0.190. The van der Waals surface area contributed by atoms with Crippen molar-refractivity contribution in [1.29, 1.82) is 0 Å². The first-order valence-corrected chi connectivity index (χ1v) is 9.55. The fourth-order valence-electron chi connectivity index (χ4n) is 4.87. The molecule has 1 saturated carbocycles. The summed E-state index contributed by atoms with van der Waals surface area (Å²) in [6, 6.07) is 2.21. The highest BCUT2D eigenvalue weighted by atomic mass is 15.2. The molecule has 122 valence electrons. The molecule has 0 amide bonds. The molecule has 3 aliphatic rings. The Bertz CT molecular complexity index is 295. The summed E-state index contributed by atoms with van der Waals surface area (Å²) in [4.78, 5) is 2.67. The summed E-state index contributed by atoms with van der Waals surface area (Å²) in [5.74, 6) is 0.883. The van der Waals surface area contributed by atoms with Crippen molar-refractivity contribution in [2.75, 3.05) is 26.2 Å². The van der Waals surface area contributed by atoms with Gasteiger partial charge in [0.1, 0.15) is 0 Å². The number of nitrogens with one attached hydrogen (secondary N) is 2. The first kappa shape index (κ1) is 15.8. The third-order valence-corrected chi connectivity index (χ3v) is 5.91. The monoisotopic (exact) mass is 293 g/mol. The zero-order valence-corrected chi connectivity index (χ0v) is 13.9. The highest BCUT2D eigenvalue weighted by Crippen LogP contribution is 2.32. The Morgan fingerprint density at radius 2 is 1.86 bits per heavy atom. The SMILES string of the molecule is CC(CN1CCCCC1)NC1CCCC1C1CCCCN1. The van der Waals surface area contributed by atoms with Gasteiger partial charge in [0.05, 0.1) is 0 Å². The number of hydrogen-bond acceptors (Lipinski definition) is 3. The fraction of sp³-hybridized carbons (Fsp3) is 1.00. The molecule has 3 rings (SSSR count). The van der Waals surface area contributed by atoms with Crippen molar-refractivity contribution in [1.82, 2.24) is 15.5 Å². The molecule has 4 atom stereocenters. The Morgan fingerprint density at radius 3 is 2.62 bits per heavy atom. The largest absolute Gasteiger partial charge is 0.314 e. The van der Waals surface area contributed by atoms with Gasteiger partial charge in [0.2, 0.25) is 0 Å². The van der Waals surface area contributed by atoms with Crippen LogP contribution in [0.15, 0.2) is 0 Å². The van der Waals surface area contributed by atoms with Crippen molar-refractivity contribution < 1.29 is 0 Å². The van der Waals surface area contributed by atoms with Crippen LogP contribution in [0.25, 0.3) is 0 Å². The molecule has 2 aliphatic heterocycles. The number of rotatable bonds is 5. The van der Waals surface area contributed by atoms with Crippen molar-refractivity contribution in [3.63, 3.8) is 0 Å². The van der Waals surface area contributed by atoms with Gasteiger partial charge in [-0.05, 0) is 71.0 Å². The van der Waals surface area contributed by atoms with E-state index in [0.717, 1.165) is 18.0 Å². The minimum atomic E-state index is 0.650. The summed E-state index contributed by atoms with van der Waals surface area (Å²) in [7, 11) is 0. The predicted molar refractivity (Wildman–Crippen MR) is 89.7 cm³/mol. The van der Waals surface area contributed by atoms with Crippen molar-refractivity contribution in [2.24, 2.45) is 5.92 Å². The maximum Gasteiger partial charge on any atom is 0.0169 e. The van der Waals surface area contributed by atoms with Crippen molar-refractivity contribution in [3.05, 3.63) is 0 Å². The van der Waals surface area contributed by atoms with Gasteiger partial charge in [-0.25, -0.2) is 0 Å². The molecular weight excluding hydrogens is 258 g/mol. The smallest absolute Gasteiger partial charge is 0.0169 e. The molecule has 4 unspecified atom stereocenters. The predicted octanol–water partition coefficient (Wildman–Crippen LogP) is 2.76. The summed E-state index contributed by atoms with van der Waals surface area (Å²) in [5, 5.41) is 7.79. The Morgan fingerprint density at radius 1 is 1.00 bits per heavy atom. The van der Waals surface area contributed by atoms with Crippen LogP contribution < -0.4 is 10.6 Å². The summed E-state index contributed by atoms with van der Waals surface area (Å²) in [6.07, 6.45) is 12.7. The van der Waals surface area contributed by atoms with Crippen molar-refractivity contribution >= 4 is 0 Å². The lowest BCUT2D eigenvalue weighted by Crippen LogP contribution is -2.51. The maximum absolute atomic E-state index is 3.99. The molecule has 3 fully saturated rings.